The van der Waals surface area contributed by atoms with Gasteiger partial charge in [-0.1, -0.05) is 17.5 Å². The quantitative estimate of drug-likeness (QED) is 0.666. The summed E-state index contributed by atoms with van der Waals surface area (Å²) in [6.07, 6.45) is 6.63. The lowest BCUT2D eigenvalue weighted by atomic mass is 10.2. The average Bonchev–Trinajstić information content (AvgIpc) is 2.52. The van der Waals surface area contributed by atoms with Crippen LogP contribution in [0.15, 0.2) is 34.2 Å². The number of terminal acetylenes is 1. The van der Waals surface area contributed by atoms with Crippen molar-refractivity contribution in [1.82, 2.24) is 4.68 Å². The Morgan fingerprint density at radius 3 is 2.79 bits per heavy atom. The number of aryl methyl sites for hydroxylation is 1. The molecule has 0 aliphatic carbocycles. The van der Waals surface area contributed by atoms with Crippen LogP contribution in [0.1, 0.15) is 11.1 Å². The molecule has 124 valence electrons. The van der Waals surface area contributed by atoms with Gasteiger partial charge in [0.25, 0.3) is 5.56 Å². The molecule has 0 unspecified atom stereocenters. The molecule has 7 heteroatoms. The van der Waals surface area contributed by atoms with E-state index in [1.54, 1.807) is 25.1 Å². The van der Waals surface area contributed by atoms with Gasteiger partial charge in [-0.25, -0.2) is 0 Å². The number of nitrogen functional groups attached to an aromatic ring is 1. The first-order valence-electron chi connectivity index (χ1n) is 6.93. The second-order valence-corrected chi connectivity index (χ2v) is 5.29. The summed E-state index contributed by atoms with van der Waals surface area (Å²) in [5.41, 5.74) is 6.86. The molecule has 1 aromatic carbocycles. The second-order valence-electron chi connectivity index (χ2n) is 4.88. The Hall–Kier alpha value is -2.91. The first-order valence-corrected chi connectivity index (χ1v) is 7.31. The molecule has 0 saturated carbocycles. The van der Waals surface area contributed by atoms with Gasteiger partial charge in [0.05, 0.1) is 18.3 Å². The minimum atomic E-state index is -0.323. The largest absolute Gasteiger partial charge is 0.493 e. The zero-order valence-corrected chi connectivity index (χ0v) is 14.0. The van der Waals surface area contributed by atoms with Crippen molar-refractivity contribution in [3.05, 3.63) is 50.8 Å². The third-order valence-corrected chi connectivity index (χ3v) is 3.33. The lowest BCUT2D eigenvalue weighted by Gasteiger charge is -2.11. The van der Waals surface area contributed by atoms with E-state index in [1.807, 2.05) is 0 Å². The van der Waals surface area contributed by atoms with Crippen LogP contribution in [0.5, 0.6) is 11.5 Å². The molecule has 0 spiro atoms. The lowest BCUT2D eigenvalue weighted by Crippen LogP contribution is -2.19. The number of aromatic nitrogens is 1. The molecule has 0 fully saturated rings. The predicted molar refractivity (Wildman–Crippen MR) is 95.2 cm³/mol. The number of hydrogen-bond acceptors (Lipinski definition) is 5. The van der Waals surface area contributed by atoms with Gasteiger partial charge in [-0.2, -0.15) is 9.78 Å². The number of anilines is 1. The smallest absolute Gasteiger partial charge is 0.273 e. The minimum absolute atomic E-state index is 0.0683. The Balaban J connectivity index is 2.39. The number of rotatable bonds is 5. The molecule has 1 aromatic heterocycles. The van der Waals surface area contributed by atoms with Crippen LogP contribution in [0.4, 0.5) is 5.82 Å². The van der Waals surface area contributed by atoms with Crippen molar-refractivity contribution < 1.29 is 9.47 Å². The molecule has 2 aromatic rings. The van der Waals surface area contributed by atoms with Crippen LogP contribution in [0.25, 0.3) is 0 Å². The Morgan fingerprint density at radius 2 is 2.17 bits per heavy atom. The highest BCUT2D eigenvalue weighted by Crippen LogP contribution is 2.35. The molecule has 0 saturated heterocycles. The molecule has 24 heavy (non-hydrogen) atoms. The minimum Gasteiger partial charge on any atom is -0.493 e. The summed E-state index contributed by atoms with van der Waals surface area (Å²) in [6, 6.07) is 6.38. The van der Waals surface area contributed by atoms with Crippen molar-refractivity contribution in [2.24, 2.45) is 5.10 Å². The molecule has 0 atom stereocenters. The van der Waals surface area contributed by atoms with Crippen molar-refractivity contribution in [2.75, 3.05) is 19.5 Å². The number of halogens is 1. The highest BCUT2D eigenvalue weighted by atomic mass is 35.5. The van der Waals surface area contributed by atoms with Gasteiger partial charge < -0.3 is 15.2 Å². The molecule has 0 bridgehead atoms. The molecule has 0 aliphatic rings. The van der Waals surface area contributed by atoms with Gasteiger partial charge in [0.15, 0.2) is 11.5 Å². The summed E-state index contributed by atoms with van der Waals surface area (Å²) in [7, 11) is 1.48. The number of pyridine rings is 1. The zero-order chi connectivity index (χ0) is 17.7. The average molecular weight is 346 g/mol. The van der Waals surface area contributed by atoms with Crippen LogP contribution in [0.3, 0.4) is 0 Å². The van der Waals surface area contributed by atoms with E-state index in [-0.39, 0.29) is 18.0 Å². The summed E-state index contributed by atoms with van der Waals surface area (Å²) in [6.45, 7) is 1.85. The summed E-state index contributed by atoms with van der Waals surface area (Å²) < 4.78 is 11.7. The third-order valence-electron chi connectivity index (χ3n) is 3.05. The zero-order valence-electron chi connectivity index (χ0n) is 13.2. The molecular formula is C17H16ClN3O3. The van der Waals surface area contributed by atoms with Crippen molar-refractivity contribution >= 4 is 23.6 Å². The van der Waals surface area contributed by atoms with Gasteiger partial charge in [-0.05, 0) is 36.2 Å². The van der Waals surface area contributed by atoms with Crippen LogP contribution >= 0.6 is 11.6 Å². The van der Waals surface area contributed by atoms with Crippen LogP contribution in [-0.2, 0) is 0 Å². The van der Waals surface area contributed by atoms with E-state index >= 15 is 0 Å². The number of ether oxygens (including phenoxy) is 2. The fraction of sp³-hybridized carbons (Fsp3) is 0.176. The highest BCUT2D eigenvalue weighted by molar-refractivity contribution is 6.32. The van der Waals surface area contributed by atoms with Crippen molar-refractivity contribution in [3.8, 4) is 23.8 Å². The fourth-order valence-corrected chi connectivity index (χ4v) is 2.31. The van der Waals surface area contributed by atoms with E-state index in [4.69, 9.17) is 33.2 Å². The molecule has 0 aliphatic heterocycles. The summed E-state index contributed by atoms with van der Waals surface area (Å²) in [5.74, 6) is 3.35. The first-order chi connectivity index (χ1) is 11.5. The molecular weight excluding hydrogens is 330 g/mol. The molecule has 2 N–H and O–H groups in total. The van der Waals surface area contributed by atoms with Gasteiger partial charge in [-0.3, -0.25) is 4.79 Å². The molecule has 0 amide bonds. The maximum Gasteiger partial charge on any atom is 0.273 e. The second kappa shape index (κ2) is 7.57. The normalized spacial score (nSPS) is 10.6. The van der Waals surface area contributed by atoms with Crippen LogP contribution < -0.4 is 20.8 Å². The van der Waals surface area contributed by atoms with E-state index in [0.717, 1.165) is 10.2 Å². The fourth-order valence-electron chi connectivity index (χ4n) is 2.04. The van der Waals surface area contributed by atoms with Gasteiger partial charge in [0.2, 0.25) is 0 Å². The number of nitrogens with two attached hydrogens (primary N) is 1. The number of hydrogen-bond donors (Lipinski definition) is 1. The van der Waals surface area contributed by atoms with Gasteiger partial charge in [-0.15, -0.1) is 6.42 Å². The monoisotopic (exact) mass is 345 g/mol. The molecule has 2 rings (SSSR count). The van der Waals surface area contributed by atoms with Gasteiger partial charge in [0, 0.05) is 6.07 Å². The SMILES string of the molecule is C#CCOc1c(Cl)cc(/C=N\n2c(N)cc(C)cc2=O)cc1OC. The van der Waals surface area contributed by atoms with E-state index in [0.29, 0.717) is 22.1 Å². The lowest BCUT2D eigenvalue weighted by molar-refractivity contribution is 0.331. The molecule has 0 radical (unpaired) electrons. The topological polar surface area (TPSA) is 78.8 Å². The van der Waals surface area contributed by atoms with E-state index in [9.17, 15) is 4.79 Å². The van der Waals surface area contributed by atoms with Gasteiger partial charge >= 0.3 is 0 Å². The third kappa shape index (κ3) is 3.89. The number of methoxy groups -OCH3 is 1. The summed E-state index contributed by atoms with van der Waals surface area (Å²) >= 11 is 6.19. The van der Waals surface area contributed by atoms with Crippen LogP contribution in [0.2, 0.25) is 5.02 Å². The standard InChI is InChI=1S/C17H16ClN3O3/c1-4-5-24-17-13(18)8-12(9-14(17)23-3)10-20-21-15(19)6-11(2)7-16(21)22/h1,6-10H,5,19H2,2-3H3/b20-10-. The highest BCUT2D eigenvalue weighted by Gasteiger charge is 2.11. The van der Waals surface area contributed by atoms with Gasteiger partial charge in [0.1, 0.15) is 12.4 Å². The van der Waals surface area contributed by atoms with Crippen molar-refractivity contribution in [1.29, 1.82) is 0 Å². The summed E-state index contributed by atoms with van der Waals surface area (Å²) in [4.78, 5) is 11.9. The van der Waals surface area contributed by atoms with E-state index < -0.39 is 0 Å². The Kier molecular flexibility index (Phi) is 5.51. The number of benzene rings is 1. The van der Waals surface area contributed by atoms with E-state index in [1.165, 1.54) is 19.4 Å². The van der Waals surface area contributed by atoms with Crippen molar-refractivity contribution in [2.45, 2.75) is 6.92 Å². The number of nitrogens with zero attached hydrogens (tertiary/aromatic N) is 2. The van der Waals surface area contributed by atoms with Crippen LogP contribution in [0, 0.1) is 19.3 Å². The maximum absolute atomic E-state index is 11.9. The first kappa shape index (κ1) is 17.4. The molecule has 1 heterocycles. The Morgan fingerprint density at radius 1 is 1.42 bits per heavy atom. The Bertz CT molecular complexity index is 882. The predicted octanol–water partition coefficient (Wildman–Crippen LogP) is 2.30. The Labute approximate surface area is 144 Å². The van der Waals surface area contributed by atoms with E-state index in [2.05, 4.69) is 11.0 Å². The summed E-state index contributed by atoms with van der Waals surface area (Å²) in [5, 5.41) is 4.41. The van der Waals surface area contributed by atoms with Crippen LogP contribution in [-0.4, -0.2) is 24.6 Å². The maximum atomic E-state index is 11.9. The molecule has 6 nitrogen and oxygen atoms in total. The van der Waals surface area contributed by atoms with Crippen molar-refractivity contribution in [3.63, 3.8) is 0 Å².